The average Bonchev–Trinajstić information content (AvgIpc) is 2.32. The molecule has 0 radical (unpaired) electrons. The van der Waals surface area contributed by atoms with E-state index in [1.54, 1.807) is 7.11 Å². The van der Waals surface area contributed by atoms with Crippen LogP contribution in [0.1, 0.15) is 11.1 Å². The van der Waals surface area contributed by atoms with Crippen LogP contribution in [0.2, 0.25) is 0 Å². The zero-order valence-corrected chi connectivity index (χ0v) is 9.23. The molecule has 0 saturated carbocycles. The molecule has 0 aromatic heterocycles. The molecule has 0 amide bonds. The minimum absolute atomic E-state index is 0.431. The summed E-state index contributed by atoms with van der Waals surface area (Å²) in [7, 11) is 1.67. The first-order valence-electron chi connectivity index (χ1n) is 5.22. The number of methoxy groups -OCH3 is 1. The summed E-state index contributed by atoms with van der Waals surface area (Å²) in [5.74, 6) is 0. The standard InChI is InChI=1S/C14H13NO/c1-16-10-12-7-6-11-4-2-3-5-13(11)14(12)8-9-15/h2-7H,8,10H2,1H3. The normalized spacial score (nSPS) is 10.2. The number of nitrogens with zero attached hydrogens (tertiary/aromatic N) is 1. The van der Waals surface area contributed by atoms with Gasteiger partial charge in [-0.3, -0.25) is 0 Å². The Morgan fingerprint density at radius 2 is 2.00 bits per heavy atom. The van der Waals surface area contributed by atoms with E-state index in [-0.39, 0.29) is 0 Å². The molecule has 2 nitrogen and oxygen atoms in total. The monoisotopic (exact) mass is 211 g/mol. The van der Waals surface area contributed by atoms with Crippen LogP contribution in [-0.2, 0) is 17.8 Å². The van der Waals surface area contributed by atoms with E-state index in [1.165, 1.54) is 5.39 Å². The lowest BCUT2D eigenvalue weighted by Crippen LogP contribution is -1.96. The molecule has 0 bridgehead atoms. The fourth-order valence-electron chi connectivity index (χ4n) is 1.96. The molecular formula is C14H13NO. The lowest BCUT2D eigenvalue weighted by atomic mass is 9.97. The molecule has 0 unspecified atom stereocenters. The summed E-state index contributed by atoms with van der Waals surface area (Å²) < 4.78 is 5.15. The van der Waals surface area contributed by atoms with Gasteiger partial charge in [-0.25, -0.2) is 0 Å². The predicted octanol–water partition coefficient (Wildman–Crippen LogP) is 3.05. The van der Waals surface area contributed by atoms with Gasteiger partial charge in [-0.15, -0.1) is 0 Å². The van der Waals surface area contributed by atoms with Gasteiger partial charge < -0.3 is 4.74 Å². The second kappa shape index (κ2) is 4.78. The van der Waals surface area contributed by atoms with Crippen LogP contribution in [0.4, 0.5) is 0 Å². The third-order valence-electron chi connectivity index (χ3n) is 2.69. The van der Waals surface area contributed by atoms with Gasteiger partial charge in [0.15, 0.2) is 0 Å². The lowest BCUT2D eigenvalue weighted by molar-refractivity contribution is 0.184. The summed E-state index contributed by atoms with van der Waals surface area (Å²) in [5.41, 5.74) is 2.19. The Kier molecular flexibility index (Phi) is 3.19. The number of ether oxygens (including phenoxy) is 1. The Labute approximate surface area is 95.1 Å². The summed E-state index contributed by atoms with van der Waals surface area (Å²) in [6.07, 6.45) is 0.431. The topological polar surface area (TPSA) is 33.0 Å². The van der Waals surface area contributed by atoms with Crippen molar-refractivity contribution in [3.63, 3.8) is 0 Å². The molecule has 16 heavy (non-hydrogen) atoms. The number of fused-ring (bicyclic) bond motifs is 1. The number of nitriles is 1. The van der Waals surface area contributed by atoms with E-state index >= 15 is 0 Å². The van der Waals surface area contributed by atoms with Gasteiger partial charge in [0.2, 0.25) is 0 Å². The first-order valence-corrected chi connectivity index (χ1v) is 5.22. The van der Waals surface area contributed by atoms with Gasteiger partial charge >= 0.3 is 0 Å². The van der Waals surface area contributed by atoms with Gasteiger partial charge in [-0.2, -0.15) is 5.26 Å². The van der Waals surface area contributed by atoms with E-state index in [0.29, 0.717) is 13.0 Å². The smallest absolute Gasteiger partial charge is 0.0716 e. The molecule has 2 rings (SSSR count). The molecule has 0 fully saturated rings. The summed E-state index contributed by atoms with van der Waals surface area (Å²) in [6, 6.07) is 14.5. The number of hydrogen-bond acceptors (Lipinski definition) is 2. The second-order valence-corrected chi connectivity index (χ2v) is 3.69. The molecule has 2 aromatic rings. The summed E-state index contributed by atoms with van der Waals surface area (Å²) in [4.78, 5) is 0. The Bertz CT molecular complexity index is 540. The Morgan fingerprint density at radius 1 is 1.19 bits per heavy atom. The maximum atomic E-state index is 8.88. The van der Waals surface area contributed by atoms with Crippen molar-refractivity contribution in [3.8, 4) is 6.07 Å². The van der Waals surface area contributed by atoms with Crippen LogP contribution in [0.15, 0.2) is 36.4 Å². The van der Waals surface area contributed by atoms with Gasteiger partial charge in [0.1, 0.15) is 0 Å². The molecule has 0 aliphatic heterocycles. The Morgan fingerprint density at radius 3 is 2.75 bits per heavy atom. The first kappa shape index (κ1) is 10.7. The number of benzene rings is 2. The fraction of sp³-hybridized carbons (Fsp3) is 0.214. The third-order valence-corrected chi connectivity index (χ3v) is 2.69. The third kappa shape index (κ3) is 1.91. The van der Waals surface area contributed by atoms with Crippen LogP contribution >= 0.6 is 0 Å². The van der Waals surface area contributed by atoms with Gasteiger partial charge in [0, 0.05) is 7.11 Å². The SMILES string of the molecule is COCc1ccc2ccccc2c1CC#N. The zero-order chi connectivity index (χ0) is 11.4. The molecule has 0 aliphatic carbocycles. The fourth-order valence-corrected chi connectivity index (χ4v) is 1.96. The van der Waals surface area contributed by atoms with Crippen molar-refractivity contribution < 1.29 is 4.74 Å². The van der Waals surface area contributed by atoms with E-state index in [9.17, 15) is 0 Å². The molecule has 0 N–H and O–H groups in total. The molecule has 0 heterocycles. The van der Waals surface area contributed by atoms with Crippen molar-refractivity contribution in [2.75, 3.05) is 7.11 Å². The number of rotatable bonds is 3. The molecule has 0 atom stereocenters. The Balaban J connectivity index is 2.64. The largest absolute Gasteiger partial charge is 0.380 e. The highest BCUT2D eigenvalue weighted by atomic mass is 16.5. The van der Waals surface area contributed by atoms with E-state index < -0.39 is 0 Å². The van der Waals surface area contributed by atoms with Crippen molar-refractivity contribution >= 4 is 10.8 Å². The zero-order valence-electron chi connectivity index (χ0n) is 9.23. The van der Waals surface area contributed by atoms with E-state index in [2.05, 4.69) is 24.3 Å². The quantitative estimate of drug-likeness (QED) is 0.781. The van der Waals surface area contributed by atoms with Gasteiger partial charge in [-0.1, -0.05) is 36.4 Å². The highest BCUT2D eigenvalue weighted by molar-refractivity contribution is 5.87. The van der Waals surface area contributed by atoms with Gasteiger partial charge in [0.05, 0.1) is 19.1 Å². The second-order valence-electron chi connectivity index (χ2n) is 3.69. The molecule has 0 spiro atoms. The highest BCUT2D eigenvalue weighted by Gasteiger charge is 2.06. The lowest BCUT2D eigenvalue weighted by Gasteiger charge is -2.09. The molecule has 80 valence electrons. The molecule has 0 saturated heterocycles. The van der Waals surface area contributed by atoms with Crippen molar-refractivity contribution in [3.05, 3.63) is 47.5 Å². The first-order chi connectivity index (χ1) is 7.86. The van der Waals surface area contributed by atoms with Crippen LogP contribution in [0.5, 0.6) is 0 Å². The molecule has 0 aliphatic rings. The van der Waals surface area contributed by atoms with Crippen LogP contribution in [0, 0.1) is 11.3 Å². The maximum absolute atomic E-state index is 8.88. The minimum atomic E-state index is 0.431. The summed E-state index contributed by atoms with van der Waals surface area (Å²) in [5, 5.41) is 11.2. The van der Waals surface area contributed by atoms with Gasteiger partial charge in [0.25, 0.3) is 0 Å². The van der Waals surface area contributed by atoms with Crippen molar-refractivity contribution in [2.24, 2.45) is 0 Å². The maximum Gasteiger partial charge on any atom is 0.0716 e. The van der Waals surface area contributed by atoms with Crippen LogP contribution in [0.25, 0.3) is 10.8 Å². The molecule has 2 heteroatoms. The minimum Gasteiger partial charge on any atom is -0.380 e. The van der Waals surface area contributed by atoms with Crippen molar-refractivity contribution in [1.82, 2.24) is 0 Å². The average molecular weight is 211 g/mol. The molecule has 2 aromatic carbocycles. The van der Waals surface area contributed by atoms with Crippen molar-refractivity contribution in [1.29, 1.82) is 5.26 Å². The Hall–Kier alpha value is -1.85. The number of hydrogen-bond donors (Lipinski definition) is 0. The van der Waals surface area contributed by atoms with E-state index in [1.807, 2.05) is 18.2 Å². The summed E-state index contributed by atoms with van der Waals surface area (Å²) in [6.45, 7) is 0.557. The highest BCUT2D eigenvalue weighted by Crippen LogP contribution is 2.23. The van der Waals surface area contributed by atoms with Gasteiger partial charge in [-0.05, 0) is 21.9 Å². The van der Waals surface area contributed by atoms with Crippen LogP contribution < -0.4 is 0 Å². The van der Waals surface area contributed by atoms with Crippen LogP contribution in [0.3, 0.4) is 0 Å². The van der Waals surface area contributed by atoms with E-state index in [4.69, 9.17) is 10.00 Å². The summed E-state index contributed by atoms with van der Waals surface area (Å²) >= 11 is 0. The van der Waals surface area contributed by atoms with Crippen LogP contribution in [-0.4, -0.2) is 7.11 Å². The molecular weight excluding hydrogens is 198 g/mol. The van der Waals surface area contributed by atoms with E-state index in [0.717, 1.165) is 16.5 Å². The predicted molar refractivity (Wildman–Crippen MR) is 64.0 cm³/mol. The van der Waals surface area contributed by atoms with Crippen molar-refractivity contribution in [2.45, 2.75) is 13.0 Å².